The second-order valence-electron chi connectivity index (χ2n) is 5.41. The summed E-state index contributed by atoms with van der Waals surface area (Å²) in [6.07, 6.45) is 1.42. The minimum atomic E-state index is -3.91. The number of benzene rings is 1. The Kier molecular flexibility index (Phi) is 4.77. The smallest absolute Gasteiger partial charge is 0.246 e. The van der Waals surface area contributed by atoms with Gasteiger partial charge in [-0.3, -0.25) is 0 Å². The lowest BCUT2D eigenvalue weighted by atomic mass is 10.1. The fourth-order valence-electron chi connectivity index (χ4n) is 2.51. The summed E-state index contributed by atoms with van der Waals surface area (Å²) in [6, 6.07) is 2.66. The van der Waals surface area contributed by atoms with Gasteiger partial charge in [-0.05, 0) is 39.1 Å². The monoisotopic (exact) mass is 335 g/mol. The van der Waals surface area contributed by atoms with E-state index in [1.54, 1.807) is 0 Å². The van der Waals surface area contributed by atoms with E-state index >= 15 is 0 Å². The summed E-state index contributed by atoms with van der Waals surface area (Å²) in [4.78, 5) is 1.62. The van der Waals surface area contributed by atoms with E-state index in [1.165, 1.54) is 10.4 Å². The molecule has 0 atom stereocenters. The molecule has 118 valence electrons. The molecular formula is C13H19ClFN3O2S. The lowest BCUT2D eigenvalue weighted by Gasteiger charge is -2.34. The van der Waals surface area contributed by atoms with Gasteiger partial charge in [0.05, 0.1) is 5.02 Å². The largest absolute Gasteiger partial charge is 0.399 e. The zero-order chi connectivity index (χ0) is 15.8. The predicted octanol–water partition coefficient (Wildman–Crippen LogP) is 1.78. The Morgan fingerprint density at radius 3 is 2.43 bits per heavy atom. The molecule has 21 heavy (non-hydrogen) atoms. The van der Waals surface area contributed by atoms with E-state index in [0.717, 1.165) is 6.07 Å². The van der Waals surface area contributed by atoms with Gasteiger partial charge in [-0.2, -0.15) is 4.31 Å². The third-order valence-electron chi connectivity index (χ3n) is 3.79. The van der Waals surface area contributed by atoms with Gasteiger partial charge in [-0.15, -0.1) is 0 Å². The predicted molar refractivity (Wildman–Crippen MR) is 81.3 cm³/mol. The SMILES string of the molecule is CN(C)C1CCN(S(=O)(=O)c2cc(N)cc(Cl)c2F)CC1. The number of piperidine rings is 1. The highest BCUT2D eigenvalue weighted by atomic mass is 35.5. The van der Waals surface area contributed by atoms with E-state index in [9.17, 15) is 12.8 Å². The molecule has 0 saturated carbocycles. The number of halogens is 2. The van der Waals surface area contributed by atoms with Crippen LogP contribution in [0.4, 0.5) is 10.1 Å². The number of anilines is 1. The summed E-state index contributed by atoms with van der Waals surface area (Å²) in [5, 5.41) is -0.281. The molecule has 0 radical (unpaired) electrons. The van der Waals surface area contributed by atoms with E-state index in [-0.39, 0.29) is 10.7 Å². The van der Waals surface area contributed by atoms with Crippen molar-refractivity contribution in [1.29, 1.82) is 0 Å². The van der Waals surface area contributed by atoms with Crippen LogP contribution in [0.2, 0.25) is 5.02 Å². The number of nitrogens with two attached hydrogens (primary N) is 1. The van der Waals surface area contributed by atoms with Crippen LogP contribution in [-0.2, 0) is 10.0 Å². The van der Waals surface area contributed by atoms with Crippen molar-refractivity contribution in [2.45, 2.75) is 23.8 Å². The Hall–Kier alpha value is -0.890. The molecule has 1 aliphatic heterocycles. The minimum Gasteiger partial charge on any atom is -0.399 e. The maximum Gasteiger partial charge on any atom is 0.246 e. The number of hydrogen-bond acceptors (Lipinski definition) is 4. The number of nitrogens with zero attached hydrogens (tertiary/aromatic N) is 2. The highest BCUT2D eigenvalue weighted by Crippen LogP contribution is 2.29. The van der Waals surface area contributed by atoms with Gasteiger partial charge in [0, 0.05) is 24.8 Å². The van der Waals surface area contributed by atoms with Crippen molar-refractivity contribution in [3.63, 3.8) is 0 Å². The van der Waals surface area contributed by atoms with Crippen LogP contribution < -0.4 is 5.73 Å². The fourth-order valence-corrected chi connectivity index (χ4v) is 4.38. The van der Waals surface area contributed by atoms with E-state index in [2.05, 4.69) is 4.90 Å². The van der Waals surface area contributed by atoms with E-state index in [4.69, 9.17) is 17.3 Å². The standard InChI is InChI=1S/C13H19ClFN3O2S/c1-17(2)10-3-5-18(6-4-10)21(19,20)12-8-9(16)7-11(14)13(12)15/h7-8,10H,3-6,16H2,1-2H3. The van der Waals surface area contributed by atoms with Crippen LogP contribution in [0.25, 0.3) is 0 Å². The molecule has 2 N–H and O–H groups in total. The molecule has 5 nitrogen and oxygen atoms in total. The van der Waals surface area contributed by atoms with Crippen molar-refractivity contribution in [3.8, 4) is 0 Å². The summed E-state index contributed by atoms with van der Waals surface area (Å²) in [5.74, 6) is -0.944. The molecule has 8 heteroatoms. The van der Waals surface area contributed by atoms with E-state index in [1.807, 2.05) is 14.1 Å². The van der Waals surface area contributed by atoms with Crippen molar-refractivity contribution in [2.75, 3.05) is 32.9 Å². The quantitative estimate of drug-likeness (QED) is 0.855. The van der Waals surface area contributed by atoms with Crippen LogP contribution >= 0.6 is 11.6 Å². The first-order valence-corrected chi connectivity index (χ1v) is 8.46. The lowest BCUT2D eigenvalue weighted by Crippen LogP contribution is -2.44. The normalized spacial score (nSPS) is 18.3. The number of rotatable bonds is 3. The summed E-state index contributed by atoms with van der Waals surface area (Å²) in [7, 11) is 0.0174. The van der Waals surface area contributed by atoms with Crippen LogP contribution in [0.5, 0.6) is 0 Å². The molecule has 0 aromatic heterocycles. The average Bonchev–Trinajstić information content (AvgIpc) is 2.42. The Bertz CT molecular complexity index is 629. The van der Waals surface area contributed by atoms with Gasteiger partial charge >= 0.3 is 0 Å². The zero-order valence-electron chi connectivity index (χ0n) is 12.0. The summed E-state index contributed by atoms with van der Waals surface area (Å²) in [5.41, 5.74) is 5.70. The molecule has 0 spiro atoms. The van der Waals surface area contributed by atoms with Gasteiger partial charge in [0.15, 0.2) is 5.82 Å². The van der Waals surface area contributed by atoms with Crippen molar-refractivity contribution in [3.05, 3.63) is 23.0 Å². The number of hydrogen-bond donors (Lipinski definition) is 1. The first kappa shape index (κ1) is 16.5. The van der Waals surface area contributed by atoms with Gasteiger partial charge in [-0.25, -0.2) is 12.8 Å². The lowest BCUT2D eigenvalue weighted by molar-refractivity contribution is 0.196. The van der Waals surface area contributed by atoms with Crippen LogP contribution in [-0.4, -0.2) is 50.8 Å². The maximum atomic E-state index is 14.0. The molecule has 0 unspecified atom stereocenters. The maximum absolute atomic E-state index is 14.0. The molecule has 0 bridgehead atoms. The topological polar surface area (TPSA) is 66.6 Å². The third kappa shape index (κ3) is 3.31. The van der Waals surface area contributed by atoms with Crippen LogP contribution in [0.15, 0.2) is 17.0 Å². The highest BCUT2D eigenvalue weighted by molar-refractivity contribution is 7.89. The van der Waals surface area contributed by atoms with Crippen molar-refractivity contribution >= 4 is 27.3 Å². The summed E-state index contributed by atoms with van der Waals surface area (Å²) < 4.78 is 40.4. The average molecular weight is 336 g/mol. The Balaban J connectivity index is 2.28. The Morgan fingerprint density at radius 1 is 1.33 bits per heavy atom. The second-order valence-corrected chi connectivity index (χ2v) is 7.73. The molecule has 0 aliphatic carbocycles. The van der Waals surface area contributed by atoms with Gasteiger partial charge < -0.3 is 10.6 Å². The molecule has 1 aromatic carbocycles. The second kappa shape index (κ2) is 6.08. The summed E-state index contributed by atoms with van der Waals surface area (Å²) >= 11 is 5.68. The van der Waals surface area contributed by atoms with Crippen molar-refractivity contribution in [1.82, 2.24) is 9.21 Å². The van der Waals surface area contributed by atoms with Crippen molar-refractivity contribution in [2.24, 2.45) is 0 Å². The highest BCUT2D eigenvalue weighted by Gasteiger charge is 2.32. The van der Waals surface area contributed by atoms with Gasteiger partial charge in [0.1, 0.15) is 4.90 Å². The van der Waals surface area contributed by atoms with Gasteiger partial charge in [-0.1, -0.05) is 11.6 Å². The number of sulfonamides is 1. The van der Waals surface area contributed by atoms with Crippen LogP contribution in [0.3, 0.4) is 0 Å². The molecular weight excluding hydrogens is 317 g/mol. The Labute approximate surface area is 129 Å². The Morgan fingerprint density at radius 2 is 1.90 bits per heavy atom. The minimum absolute atomic E-state index is 0.128. The van der Waals surface area contributed by atoms with E-state index < -0.39 is 20.7 Å². The third-order valence-corrected chi connectivity index (χ3v) is 5.96. The first-order chi connectivity index (χ1) is 9.73. The van der Waals surface area contributed by atoms with Crippen molar-refractivity contribution < 1.29 is 12.8 Å². The van der Waals surface area contributed by atoms with Gasteiger partial charge in [0.2, 0.25) is 10.0 Å². The molecule has 1 saturated heterocycles. The first-order valence-electron chi connectivity index (χ1n) is 6.64. The molecule has 1 fully saturated rings. The molecule has 1 heterocycles. The molecule has 1 aromatic rings. The molecule has 2 rings (SSSR count). The van der Waals surface area contributed by atoms with Crippen LogP contribution in [0.1, 0.15) is 12.8 Å². The van der Waals surface area contributed by atoms with E-state index in [0.29, 0.717) is 32.0 Å². The molecule has 1 aliphatic rings. The molecule has 0 amide bonds. The zero-order valence-corrected chi connectivity index (χ0v) is 13.6. The number of nitrogen functional groups attached to an aromatic ring is 1. The van der Waals surface area contributed by atoms with Gasteiger partial charge in [0.25, 0.3) is 0 Å². The van der Waals surface area contributed by atoms with Crippen LogP contribution in [0, 0.1) is 5.82 Å². The fraction of sp³-hybridized carbons (Fsp3) is 0.538. The summed E-state index contributed by atoms with van der Waals surface area (Å²) in [6.45, 7) is 0.716.